The van der Waals surface area contributed by atoms with Crippen LogP contribution in [-0.2, 0) is 0 Å². The monoisotopic (exact) mass is 352 g/mol. The van der Waals surface area contributed by atoms with E-state index >= 15 is 0 Å². The molecule has 0 aliphatic carbocycles. The maximum absolute atomic E-state index is 12.5. The van der Waals surface area contributed by atoms with Crippen molar-refractivity contribution >= 4 is 33.3 Å². The first-order valence-corrected chi connectivity index (χ1v) is 7.41. The van der Waals surface area contributed by atoms with Crippen molar-refractivity contribution in [1.82, 2.24) is 0 Å². The predicted octanol–water partition coefficient (Wildman–Crippen LogP) is 5.12. The van der Waals surface area contributed by atoms with Crippen LogP contribution in [0.5, 0.6) is 5.75 Å². The number of ether oxygens (including phenoxy) is 1. The van der Waals surface area contributed by atoms with E-state index in [1.165, 1.54) is 0 Å². The van der Waals surface area contributed by atoms with E-state index in [9.17, 15) is 4.79 Å². The molecule has 0 saturated heterocycles. The van der Waals surface area contributed by atoms with Gasteiger partial charge in [0.2, 0.25) is 0 Å². The average molecular weight is 354 g/mol. The van der Waals surface area contributed by atoms with Gasteiger partial charge < -0.3 is 4.74 Å². The van der Waals surface area contributed by atoms with Crippen molar-refractivity contribution in [2.45, 2.75) is 20.0 Å². The summed E-state index contributed by atoms with van der Waals surface area (Å²) in [5, 5.41) is 0.430. The minimum absolute atomic E-state index is 0.0663. The highest BCUT2D eigenvalue weighted by atomic mass is 79.9. The van der Waals surface area contributed by atoms with Crippen LogP contribution in [0.15, 0.2) is 46.9 Å². The summed E-state index contributed by atoms with van der Waals surface area (Å²) in [6.07, 6.45) is 0.0663. The Morgan fingerprint density at radius 2 is 1.95 bits per heavy atom. The van der Waals surface area contributed by atoms with Crippen molar-refractivity contribution in [2.24, 2.45) is 0 Å². The van der Waals surface area contributed by atoms with E-state index in [0.717, 1.165) is 4.47 Å². The molecule has 2 aromatic carbocycles. The van der Waals surface area contributed by atoms with Gasteiger partial charge in [-0.2, -0.15) is 0 Å². The molecule has 0 heterocycles. The van der Waals surface area contributed by atoms with Gasteiger partial charge in [-0.1, -0.05) is 39.7 Å². The molecule has 2 aromatic rings. The number of hydrogen-bond donors (Lipinski definition) is 0. The first-order chi connectivity index (χ1) is 9.47. The summed E-state index contributed by atoms with van der Waals surface area (Å²) in [6.45, 7) is 3.89. The van der Waals surface area contributed by atoms with Gasteiger partial charge in [0.05, 0.1) is 11.1 Å². The first-order valence-electron chi connectivity index (χ1n) is 6.24. The van der Waals surface area contributed by atoms with Crippen LogP contribution in [-0.4, -0.2) is 11.9 Å². The number of hydrogen-bond acceptors (Lipinski definition) is 2. The van der Waals surface area contributed by atoms with E-state index in [4.69, 9.17) is 16.3 Å². The number of rotatable bonds is 4. The molecule has 0 bridgehead atoms. The molecular formula is C16H14BrClO2. The van der Waals surface area contributed by atoms with Crippen LogP contribution >= 0.6 is 27.5 Å². The standard InChI is InChI=1S/C16H14BrClO2/c1-10(2)20-13-5-3-4-11(8-13)16(19)14-7-6-12(17)9-15(14)18/h3-10H,1-2H3. The molecule has 0 aromatic heterocycles. The summed E-state index contributed by atoms with van der Waals surface area (Å²) in [6, 6.07) is 12.4. The zero-order valence-electron chi connectivity index (χ0n) is 11.2. The third-order valence-corrected chi connectivity index (χ3v) is 3.45. The van der Waals surface area contributed by atoms with Crippen LogP contribution in [0.4, 0.5) is 0 Å². The Hall–Kier alpha value is -1.32. The fraction of sp³-hybridized carbons (Fsp3) is 0.188. The maximum Gasteiger partial charge on any atom is 0.194 e. The highest BCUT2D eigenvalue weighted by Gasteiger charge is 2.14. The van der Waals surface area contributed by atoms with Crippen molar-refractivity contribution in [3.63, 3.8) is 0 Å². The second-order valence-electron chi connectivity index (χ2n) is 4.65. The molecule has 2 nitrogen and oxygen atoms in total. The van der Waals surface area contributed by atoms with Crippen molar-refractivity contribution in [3.8, 4) is 5.75 Å². The molecule has 4 heteroatoms. The molecule has 0 spiro atoms. The molecule has 0 aliphatic heterocycles. The van der Waals surface area contributed by atoms with Crippen molar-refractivity contribution < 1.29 is 9.53 Å². The number of benzene rings is 2. The van der Waals surface area contributed by atoms with Crippen LogP contribution in [0.25, 0.3) is 0 Å². The minimum Gasteiger partial charge on any atom is -0.491 e. The van der Waals surface area contributed by atoms with Crippen LogP contribution in [0.1, 0.15) is 29.8 Å². The molecule has 0 N–H and O–H groups in total. The van der Waals surface area contributed by atoms with Crippen LogP contribution in [0.2, 0.25) is 5.02 Å². The summed E-state index contributed by atoms with van der Waals surface area (Å²) in [5.74, 6) is 0.566. The topological polar surface area (TPSA) is 26.3 Å². The van der Waals surface area contributed by atoms with Gasteiger partial charge in [-0.15, -0.1) is 0 Å². The third kappa shape index (κ3) is 3.62. The Kier molecular flexibility index (Phi) is 4.84. The first kappa shape index (κ1) is 15.1. The van der Waals surface area contributed by atoms with E-state index < -0.39 is 0 Å². The Balaban J connectivity index is 2.33. The SMILES string of the molecule is CC(C)Oc1cccc(C(=O)c2ccc(Br)cc2Cl)c1. The highest BCUT2D eigenvalue weighted by Crippen LogP contribution is 2.25. The van der Waals surface area contributed by atoms with Gasteiger partial charge in [0.25, 0.3) is 0 Å². The van der Waals surface area contributed by atoms with E-state index in [0.29, 0.717) is 21.9 Å². The van der Waals surface area contributed by atoms with E-state index in [1.807, 2.05) is 19.9 Å². The lowest BCUT2D eigenvalue weighted by atomic mass is 10.0. The van der Waals surface area contributed by atoms with Gasteiger partial charge in [-0.25, -0.2) is 0 Å². The van der Waals surface area contributed by atoms with Gasteiger partial charge in [-0.05, 0) is 44.2 Å². The maximum atomic E-state index is 12.5. The van der Waals surface area contributed by atoms with E-state index in [-0.39, 0.29) is 11.9 Å². The molecule has 2 rings (SSSR count). The lowest BCUT2D eigenvalue weighted by Crippen LogP contribution is -2.07. The molecule has 0 atom stereocenters. The molecule has 0 aliphatic rings. The molecule has 104 valence electrons. The van der Waals surface area contributed by atoms with Gasteiger partial charge in [0, 0.05) is 15.6 Å². The van der Waals surface area contributed by atoms with Crippen molar-refractivity contribution in [3.05, 3.63) is 63.1 Å². The number of ketones is 1. The number of carbonyl (C=O) groups excluding carboxylic acids is 1. The Labute approximate surface area is 131 Å². The zero-order chi connectivity index (χ0) is 14.7. The fourth-order valence-electron chi connectivity index (χ4n) is 1.81. The normalized spacial score (nSPS) is 10.7. The van der Waals surface area contributed by atoms with Crippen LogP contribution in [0, 0.1) is 0 Å². The second kappa shape index (κ2) is 6.42. The number of halogens is 2. The lowest BCUT2D eigenvalue weighted by molar-refractivity contribution is 0.103. The second-order valence-corrected chi connectivity index (χ2v) is 5.97. The summed E-state index contributed by atoms with van der Waals surface area (Å²) >= 11 is 9.44. The number of carbonyl (C=O) groups is 1. The molecule has 0 amide bonds. The van der Waals surface area contributed by atoms with Gasteiger partial charge in [0.1, 0.15) is 5.75 Å². The van der Waals surface area contributed by atoms with Gasteiger partial charge in [0.15, 0.2) is 5.78 Å². The predicted molar refractivity (Wildman–Crippen MR) is 84.8 cm³/mol. The largest absolute Gasteiger partial charge is 0.491 e. The zero-order valence-corrected chi connectivity index (χ0v) is 13.5. The minimum atomic E-state index is -0.114. The quantitative estimate of drug-likeness (QED) is 0.713. The average Bonchev–Trinajstić information content (AvgIpc) is 2.37. The van der Waals surface area contributed by atoms with Crippen molar-refractivity contribution in [1.29, 1.82) is 0 Å². The molecule has 0 fully saturated rings. The van der Waals surface area contributed by atoms with E-state index in [1.54, 1.807) is 36.4 Å². The lowest BCUT2D eigenvalue weighted by Gasteiger charge is -2.11. The molecule has 0 radical (unpaired) electrons. The Morgan fingerprint density at radius 3 is 2.60 bits per heavy atom. The summed E-state index contributed by atoms with van der Waals surface area (Å²) < 4.78 is 6.44. The smallest absolute Gasteiger partial charge is 0.194 e. The molecule has 20 heavy (non-hydrogen) atoms. The van der Waals surface area contributed by atoms with Crippen LogP contribution in [0.3, 0.4) is 0 Å². The van der Waals surface area contributed by atoms with E-state index in [2.05, 4.69) is 15.9 Å². The molecule has 0 unspecified atom stereocenters. The third-order valence-electron chi connectivity index (χ3n) is 2.64. The van der Waals surface area contributed by atoms with Gasteiger partial charge >= 0.3 is 0 Å². The van der Waals surface area contributed by atoms with Crippen LogP contribution < -0.4 is 4.74 Å². The molecular weight excluding hydrogens is 340 g/mol. The summed E-state index contributed by atoms with van der Waals surface area (Å²) in [7, 11) is 0. The Bertz CT molecular complexity index is 638. The summed E-state index contributed by atoms with van der Waals surface area (Å²) in [4.78, 5) is 12.5. The highest BCUT2D eigenvalue weighted by molar-refractivity contribution is 9.10. The molecule has 0 saturated carbocycles. The Morgan fingerprint density at radius 1 is 1.20 bits per heavy atom. The fourth-order valence-corrected chi connectivity index (χ4v) is 2.57. The van der Waals surface area contributed by atoms with Crippen molar-refractivity contribution in [2.75, 3.05) is 0 Å². The van der Waals surface area contributed by atoms with Gasteiger partial charge in [-0.3, -0.25) is 4.79 Å². The summed E-state index contributed by atoms with van der Waals surface area (Å²) in [5.41, 5.74) is 1.05.